The van der Waals surface area contributed by atoms with Crippen LogP contribution >= 0.6 is 0 Å². The van der Waals surface area contributed by atoms with Gasteiger partial charge in [-0.15, -0.1) is 15.3 Å². The predicted octanol–water partition coefficient (Wildman–Crippen LogP) is 6.46. The average Bonchev–Trinajstić information content (AvgIpc) is 3.73. The zero-order valence-corrected chi connectivity index (χ0v) is 26.3. The van der Waals surface area contributed by atoms with E-state index in [-0.39, 0.29) is 24.9 Å². The van der Waals surface area contributed by atoms with Crippen molar-refractivity contribution in [3.63, 3.8) is 0 Å². The topological polar surface area (TPSA) is 141 Å². The number of alkyl halides is 2. The van der Waals surface area contributed by atoms with Crippen LogP contribution in [0.5, 0.6) is 0 Å². The van der Waals surface area contributed by atoms with Gasteiger partial charge < -0.3 is 13.9 Å². The molecule has 3 heterocycles. The summed E-state index contributed by atoms with van der Waals surface area (Å²) in [6.45, 7) is 11.4. The number of aliphatic imine (C=N–C) groups is 1. The van der Waals surface area contributed by atoms with Crippen molar-refractivity contribution in [1.82, 2.24) is 35.0 Å². The van der Waals surface area contributed by atoms with Crippen LogP contribution in [-0.2, 0) is 16.0 Å². The van der Waals surface area contributed by atoms with Gasteiger partial charge in [0.25, 0.3) is 5.89 Å². The molecule has 0 bridgehead atoms. The first kappa shape index (κ1) is 32.2. The van der Waals surface area contributed by atoms with E-state index < -0.39 is 35.7 Å². The molecule has 5 rings (SSSR count). The molecule has 2 amide bonds. The number of ether oxygens (including phenoxy) is 2. The van der Waals surface area contributed by atoms with Crippen molar-refractivity contribution in [3.8, 4) is 22.7 Å². The number of carbonyl (C=O) groups excluding carboxylic acids is 2. The van der Waals surface area contributed by atoms with Crippen LogP contribution in [0.2, 0.25) is 0 Å². The molecule has 46 heavy (non-hydrogen) atoms. The van der Waals surface area contributed by atoms with Gasteiger partial charge in [0.2, 0.25) is 11.9 Å². The number of aromatic nitrogens is 5. The first-order valence-electron chi connectivity index (χ1n) is 14.5. The fourth-order valence-electron chi connectivity index (χ4n) is 4.36. The Bertz CT molecular complexity index is 1680. The van der Waals surface area contributed by atoms with Gasteiger partial charge in [-0.1, -0.05) is 29.5 Å². The summed E-state index contributed by atoms with van der Waals surface area (Å²) < 4.78 is 43.3. The van der Waals surface area contributed by atoms with E-state index in [4.69, 9.17) is 13.9 Å². The maximum absolute atomic E-state index is 13.0. The molecule has 2 aromatic carbocycles. The van der Waals surface area contributed by atoms with Crippen LogP contribution in [0, 0.1) is 0 Å². The third-order valence-corrected chi connectivity index (χ3v) is 6.36. The van der Waals surface area contributed by atoms with Crippen molar-refractivity contribution < 1.29 is 32.3 Å². The maximum atomic E-state index is 13.0. The van der Waals surface area contributed by atoms with E-state index in [1.165, 1.54) is 9.80 Å². The Morgan fingerprint density at radius 3 is 1.93 bits per heavy atom. The zero-order chi connectivity index (χ0) is 33.2. The Kier molecular flexibility index (Phi) is 8.85. The minimum atomic E-state index is -2.83. The van der Waals surface area contributed by atoms with Gasteiger partial charge in [0.05, 0.1) is 31.5 Å². The quantitative estimate of drug-likeness (QED) is 0.233. The number of rotatable bonds is 6. The van der Waals surface area contributed by atoms with Gasteiger partial charge in [-0.05, 0) is 71.4 Å². The average molecular weight is 637 g/mol. The summed E-state index contributed by atoms with van der Waals surface area (Å²) in [4.78, 5) is 33.2. The van der Waals surface area contributed by atoms with E-state index in [0.717, 1.165) is 11.1 Å². The van der Waals surface area contributed by atoms with Crippen LogP contribution in [0.4, 0.5) is 24.1 Å². The number of nitrogens with zero attached hydrogens (tertiary/aromatic N) is 8. The Balaban J connectivity index is 1.30. The van der Waals surface area contributed by atoms with Gasteiger partial charge in [0.15, 0.2) is 0 Å². The Hall–Kier alpha value is -5.21. The molecule has 1 aliphatic rings. The molecule has 0 saturated carbocycles. The first-order chi connectivity index (χ1) is 21.6. The van der Waals surface area contributed by atoms with Gasteiger partial charge in [-0.2, -0.15) is 8.78 Å². The lowest BCUT2D eigenvalue weighted by atomic mass is 10.1. The number of benzene rings is 2. The molecule has 0 aliphatic carbocycles. The summed E-state index contributed by atoms with van der Waals surface area (Å²) in [6.07, 6.45) is -2.28. The van der Waals surface area contributed by atoms with E-state index >= 15 is 0 Å². The lowest BCUT2D eigenvalue weighted by molar-refractivity contribution is 0.0375. The molecule has 1 saturated heterocycles. The monoisotopic (exact) mass is 636 g/mol. The highest BCUT2D eigenvalue weighted by Crippen LogP contribution is 2.26. The van der Waals surface area contributed by atoms with Crippen molar-refractivity contribution in [3.05, 3.63) is 66.2 Å². The second kappa shape index (κ2) is 12.7. The highest BCUT2D eigenvalue weighted by Gasteiger charge is 2.39. The largest absolute Gasteiger partial charge is 0.443 e. The fraction of sp³-hybridized carbons (Fsp3) is 0.387. The van der Waals surface area contributed by atoms with Crippen LogP contribution in [0.15, 0.2) is 64.1 Å². The lowest BCUT2D eigenvalue weighted by Gasteiger charge is -2.27. The summed E-state index contributed by atoms with van der Waals surface area (Å²) >= 11 is 0. The molecule has 0 atom stereocenters. The maximum Gasteiger partial charge on any atom is 0.417 e. The molecule has 0 spiro atoms. The van der Waals surface area contributed by atoms with Gasteiger partial charge in [-0.25, -0.2) is 29.1 Å². The molecule has 15 heteroatoms. The number of amides is 2. The highest BCUT2D eigenvalue weighted by molar-refractivity contribution is 6.04. The van der Waals surface area contributed by atoms with Crippen molar-refractivity contribution >= 4 is 23.8 Å². The smallest absolute Gasteiger partial charge is 0.417 e. The fourth-order valence-corrected chi connectivity index (χ4v) is 4.36. The minimum Gasteiger partial charge on any atom is -0.443 e. The van der Waals surface area contributed by atoms with Gasteiger partial charge in [0.1, 0.15) is 16.9 Å². The van der Waals surface area contributed by atoms with Crippen LogP contribution in [0.1, 0.15) is 59.4 Å². The van der Waals surface area contributed by atoms with Crippen LogP contribution in [0.3, 0.4) is 0 Å². The molecule has 4 aromatic rings. The Labute approximate surface area is 263 Å². The lowest BCUT2D eigenvalue weighted by Crippen LogP contribution is -2.44. The number of hydrogen-bond acceptors (Lipinski definition) is 10. The molecule has 0 unspecified atom stereocenters. The van der Waals surface area contributed by atoms with E-state index in [1.807, 2.05) is 12.1 Å². The number of guanidine groups is 1. The van der Waals surface area contributed by atoms with Crippen molar-refractivity contribution in [2.75, 3.05) is 13.1 Å². The third kappa shape index (κ3) is 7.89. The second-order valence-electron chi connectivity index (χ2n) is 12.5. The summed E-state index contributed by atoms with van der Waals surface area (Å²) in [7, 11) is 0. The van der Waals surface area contributed by atoms with E-state index in [9.17, 15) is 18.4 Å². The van der Waals surface area contributed by atoms with E-state index in [0.29, 0.717) is 23.5 Å². The van der Waals surface area contributed by atoms with Gasteiger partial charge in [0, 0.05) is 11.1 Å². The van der Waals surface area contributed by atoms with E-state index in [1.54, 1.807) is 88.8 Å². The third-order valence-electron chi connectivity index (χ3n) is 6.36. The van der Waals surface area contributed by atoms with Crippen molar-refractivity contribution in [1.29, 1.82) is 0 Å². The van der Waals surface area contributed by atoms with Crippen molar-refractivity contribution in [2.24, 2.45) is 4.99 Å². The Morgan fingerprint density at radius 2 is 1.41 bits per heavy atom. The number of hydrogen-bond donors (Lipinski definition) is 0. The Morgan fingerprint density at radius 1 is 0.848 bits per heavy atom. The summed E-state index contributed by atoms with van der Waals surface area (Å²) in [5, 5.41) is 15.5. The first-order valence-corrected chi connectivity index (χ1v) is 14.5. The summed E-state index contributed by atoms with van der Waals surface area (Å²) in [6, 6.07) is 14.1. The molecule has 0 radical (unpaired) electrons. The number of carbonyl (C=O) groups is 2. The molecule has 1 aliphatic heterocycles. The van der Waals surface area contributed by atoms with Crippen LogP contribution < -0.4 is 0 Å². The van der Waals surface area contributed by atoms with E-state index in [2.05, 4.69) is 25.5 Å². The predicted molar refractivity (Wildman–Crippen MR) is 162 cm³/mol. The molecule has 242 valence electrons. The second-order valence-corrected chi connectivity index (χ2v) is 12.5. The van der Waals surface area contributed by atoms with Gasteiger partial charge >= 0.3 is 18.6 Å². The number of halogens is 2. The van der Waals surface area contributed by atoms with Crippen LogP contribution in [0.25, 0.3) is 22.7 Å². The summed E-state index contributed by atoms with van der Waals surface area (Å²) in [5.41, 5.74) is 1.83. The van der Waals surface area contributed by atoms with Crippen LogP contribution in [-0.4, -0.2) is 77.4 Å². The normalized spacial score (nSPS) is 13.8. The SMILES string of the molecule is CC(C)(C)OC(=O)N1CCN(C(=O)OC(C)(C)C)C1=Nc1ccc(-c2cn(Cc3ccc(-c4nnc(C(F)F)o4)cc3)nn2)cc1. The molecule has 1 fully saturated rings. The highest BCUT2D eigenvalue weighted by atomic mass is 19.3. The molecule has 13 nitrogen and oxygen atoms in total. The summed E-state index contributed by atoms with van der Waals surface area (Å²) in [5.74, 6) is -0.595. The standard InChI is InChI=1S/C31H34F2N8O5/c1-30(2,3)45-28(42)40-15-16-41(29(43)46-31(4,5)6)27(40)34-22-13-11-20(12-14-22)23-18-39(38-35-23)17-19-7-9-21(10-8-19)25-36-37-26(44-25)24(32)33/h7-14,18,24H,15-17H2,1-6H3. The molecule has 2 aromatic heterocycles. The molecule has 0 N–H and O–H groups in total. The molecular formula is C31H34F2N8O5. The minimum absolute atomic E-state index is 0.0153. The molecular weight excluding hydrogens is 602 g/mol. The van der Waals surface area contributed by atoms with Gasteiger partial charge in [-0.3, -0.25) is 0 Å². The van der Waals surface area contributed by atoms with Crippen molar-refractivity contribution in [2.45, 2.75) is 65.7 Å². The zero-order valence-electron chi connectivity index (χ0n) is 26.3.